The molecule has 0 amide bonds. The lowest BCUT2D eigenvalue weighted by molar-refractivity contribution is 0.146. The number of methoxy groups -OCH3 is 1. The van der Waals surface area contributed by atoms with E-state index >= 15 is 0 Å². The molecule has 7 heteroatoms. The lowest BCUT2D eigenvalue weighted by Crippen LogP contribution is -2.19. The molecular formula is C21H29ClN2O2S2. The summed E-state index contributed by atoms with van der Waals surface area (Å²) in [6.45, 7) is 12.8. The quantitative estimate of drug-likeness (QED) is 0.423. The average Bonchev–Trinajstić information content (AvgIpc) is 2.98. The van der Waals surface area contributed by atoms with Gasteiger partial charge in [-0.15, -0.1) is 11.3 Å². The highest BCUT2D eigenvalue weighted by Crippen LogP contribution is 2.26. The number of hydrogen-bond donors (Lipinski definition) is 0. The summed E-state index contributed by atoms with van der Waals surface area (Å²) in [6, 6.07) is 5.42. The molecule has 2 aromatic rings. The number of rotatable bonds is 7. The van der Waals surface area contributed by atoms with Crippen LogP contribution in [-0.4, -0.2) is 29.9 Å². The van der Waals surface area contributed by atoms with Crippen LogP contribution in [0.2, 0.25) is 5.02 Å². The van der Waals surface area contributed by atoms with Crippen LogP contribution in [-0.2, 0) is 16.7 Å². The highest BCUT2D eigenvalue weighted by molar-refractivity contribution is 7.80. The van der Waals surface area contributed by atoms with Crippen LogP contribution in [0.4, 0.5) is 0 Å². The van der Waals surface area contributed by atoms with Crippen molar-refractivity contribution in [3.63, 3.8) is 0 Å². The van der Waals surface area contributed by atoms with Crippen molar-refractivity contribution in [2.75, 3.05) is 20.3 Å². The van der Waals surface area contributed by atoms with E-state index in [2.05, 4.69) is 45.4 Å². The standard InChI is InChI=1S/C21H29ClN2O2S2/c1-14(2)12-24-13-18(21(3,4)5)28-20(24)23-19(27)16-11-15(22)7-8-17(16)26-10-9-25-6/h7-8,11,13-14H,9-10,12H2,1-6H3/b23-20-. The summed E-state index contributed by atoms with van der Waals surface area (Å²) in [7, 11) is 1.64. The van der Waals surface area contributed by atoms with Crippen LogP contribution >= 0.6 is 35.2 Å². The number of thiazole rings is 1. The molecule has 1 aromatic heterocycles. The molecular weight excluding hydrogens is 412 g/mol. The second kappa shape index (κ2) is 10.0. The molecule has 0 saturated carbocycles. The Morgan fingerprint density at radius 1 is 1.29 bits per heavy atom. The number of hydrogen-bond acceptors (Lipinski definition) is 4. The molecule has 154 valence electrons. The Morgan fingerprint density at radius 2 is 2.00 bits per heavy atom. The van der Waals surface area contributed by atoms with Gasteiger partial charge in [-0.3, -0.25) is 0 Å². The number of benzene rings is 1. The summed E-state index contributed by atoms with van der Waals surface area (Å²) in [5.41, 5.74) is 0.781. The summed E-state index contributed by atoms with van der Waals surface area (Å²) < 4.78 is 13.1. The number of aromatic nitrogens is 1. The Balaban J connectivity index is 2.46. The zero-order valence-corrected chi connectivity index (χ0v) is 19.8. The molecule has 2 rings (SSSR count). The van der Waals surface area contributed by atoms with E-state index in [0.717, 1.165) is 16.9 Å². The monoisotopic (exact) mass is 440 g/mol. The van der Waals surface area contributed by atoms with Gasteiger partial charge in [0.15, 0.2) is 4.80 Å². The van der Waals surface area contributed by atoms with E-state index in [9.17, 15) is 0 Å². The first-order valence-corrected chi connectivity index (χ1v) is 10.9. The molecule has 0 atom stereocenters. The van der Waals surface area contributed by atoms with E-state index in [4.69, 9.17) is 38.3 Å². The molecule has 0 N–H and O–H groups in total. The van der Waals surface area contributed by atoms with Crippen LogP contribution in [0.3, 0.4) is 0 Å². The summed E-state index contributed by atoms with van der Waals surface area (Å²) in [5.74, 6) is 1.17. The third-order valence-corrected chi connectivity index (χ3v) is 5.93. The maximum Gasteiger partial charge on any atom is 0.191 e. The third kappa shape index (κ3) is 6.41. The Morgan fingerprint density at radius 3 is 2.61 bits per heavy atom. The van der Waals surface area contributed by atoms with E-state index in [1.54, 1.807) is 30.6 Å². The fourth-order valence-corrected chi connectivity index (χ4v) is 4.06. The maximum atomic E-state index is 6.21. The van der Waals surface area contributed by atoms with Crippen molar-refractivity contribution in [3.05, 3.63) is 44.7 Å². The minimum absolute atomic E-state index is 0.0588. The summed E-state index contributed by atoms with van der Waals surface area (Å²) >= 11 is 13.5. The number of thiocarbonyl (C=S) groups is 1. The Bertz CT molecular complexity index is 879. The highest BCUT2D eigenvalue weighted by atomic mass is 35.5. The first-order chi connectivity index (χ1) is 13.1. The van der Waals surface area contributed by atoms with Gasteiger partial charge in [-0.1, -0.05) is 58.4 Å². The molecule has 0 aliphatic rings. The van der Waals surface area contributed by atoms with Crippen LogP contribution in [0.1, 0.15) is 45.1 Å². The smallest absolute Gasteiger partial charge is 0.191 e. The van der Waals surface area contributed by atoms with Crippen LogP contribution < -0.4 is 9.54 Å². The van der Waals surface area contributed by atoms with Crippen LogP contribution in [0.25, 0.3) is 0 Å². The fourth-order valence-electron chi connectivity index (χ4n) is 2.52. The van der Waals surface area contributed by atoms with Crippen molar-refractivity contribution in [2.24, 2.45) is 10.9 Å². The molecule has 0 radical (unpaired) electrons. The molecule has 4 nitrogen and oxygen atoms in total. The predicted molar refractivity (Wildman–Crippen MR) is 122 cm³/mol. The molecule has 0 bridgehead atoms. The molecule has 0 saturated heterocycles. The molecule has 0 aliphatic heterocycles. The lowest BCUT2D eigenvalue weighted by Gasteiger charge is -2.14. The molecule has 0 spiro atoms. The maximum absolute atomic E-state index is 6.21. The van der Waals surface area contributed by atoms with Crippen molar-refractivity contribution < 1.29 is 9.47 Å². The Kier molecular flexibility index (Phi) is 8.25. The Hall–Kier alpha value is -1.21. The van der Waals surface area contributed by atoms with Crippen LogP contribution in [0.5, 0.6) is 5.75 Å². The molecule has 28 heavy (non-hydrogen) atoms. The van der Waals surface area contributed by atoms with Crippen molar-refractivity contribution >= 4 is 40.1 Å². The van der Waals surface area contributed by atoms with Gasteiger partial charge in [0.25, 0.3) is 0 Å². The van der Waals surface area contributed by atoms with E-state index in [1.807, 2.05) is 6.07 Å². The van der Waals surface area contributed by atoms with E-state index in [-0.39, 0.29) is 5.41 Å². The predicted octanol–water partition coefficient (Wildman–Crippen LogP) is 5.46. The van der Waals surface area contributed by atoms with Gasteiger partial charge in [0, 0.05) is 29.8 Å². The van der Waals surface area contributed by atoms with Gasteiger partial charge < -0.3 is 14.0 Å². The van der Waals surface area contributed by atoms with E-state index in [1.165, 1.54) is 4.88 Å². The molecule has 1 heterocycles. The van der Waals surface area contributed by atoms with Gasteiger partial charge in [0.1, 0.15) is 17.3 Å². The second-order valence-electron chi connectivity index (χ2n) is 8.07. The summed E-state index contributed by atoms with van der Waals surface area (Å²) in [4.78, 5) is 7.43. The first kappa shape index (κ1) is 23.1. The zero-order valence-electron chi connectivity index (χ0n) is 17.4. The molecule has 1 aromatic carbocycles. The topological polar surface area (TPSA) is 35.8 Å². The summed E-state index contributed by atoms with van der Waals surface area (Å²) in [5, 5.41) is 0.600. The van der Waals surface area contributed by atoms with Gasteiger partial charge >= 0.3 is 0 Å². The van der Waals surface area contributed by atoms with E-state index in [0.29, 0.717) is 34.9 Å². The fraction of sp³-hybridized carbons (Fsp3) is 0.524. The zero-order chi connectivity index (χ0) is 20.9. The minimum atomic E-state index is 0.0588. The first-order valence-electron chi connectivity index (χ1n) is 9.33. The van der Waals surface area contributed by atoms with Crippen molar-refractivity contribution in [3.8, 4) is 5.75 Å². The number of nitrogens with zero attached hydrogens (tertiary/aromatic N) is 2. The van der Waals surface area contributed by atoms with Crippen molar-refractivity contribution in [1.82, 2.24) is 4.57 Å². The minimum Gasteiger partial charge on any atom is -0.490 e. The molecule has 0 unspecified atom stereocenters. The normalized spacial score (nSPS) is 12.6. The number of ether oxygens (including phenoxy) is 2. The average molecular weight is 441 g/mol. The van der Waals surface area contributed by atoms with Crippen molar-refractivity contribution in [2.45, 2.75) is 46.6 Å². The molecule has 0 fully saturated rings. The van der Waals surface area contributed by atoms with Crippen LogP contribution in [0.15, 0.2) is 29.4 Å². The Labute approximate surface area is 182 Å². The number of halogens is 1. The van der Waals surface area contributed by atoms with Gasteiger partial charge in [-0.05, 0) is 29.5 Å². The summed E-state index contributed by atoms with van der Waals surface area (Å²) in [6.07, 6.45) is 2.19. The lowest BCUT2D eigenvalue weighted by atomic mass is 9.95. The van der Waals surface area contributed by atoms with Gasteiger partial charge in [-0.25, -0.2) is 4.99 Å². The SMILES string of the molecule is COCCOc1ccc(Cl)cc1C(=S)/N=c1\sc(C(C)(C)C)cn1CC(C)C. The van der Waals surface area contributed by atoms with Gasteiger partial charge in [-0.2, -0.15) is 0 Å². The highest BCUT2D eigenvalue weighted by Gasteiger charge is 2.18. The van der Waals surface area contributed by atoms with Gasteiger partial charge in [0.2, 0.25) is 0 Å². The van der Waals surface area contributed by atoms with E-state index < -0.39 is 0 Å². The van der Waals surface area contributed by atoms with Crippen molar-refractivity contribution in [1.29, 1.82) is 0 Å². The third-order valence-electron chi connectivity index (χ3n) is 3.94. The molecule has 0 aliphatic carbocycles. The largest absolute Gasteiger partial charge is 0.490 e. The van der Waals surface area contributed by atoms with Crippen LogP contribution in [0, 0.1) is 5.92 Å². The second-order valence-corrected chi connectivity index (χ2v) is 9.91. The van der Waals surface area contributed by atoms with Gasteiger partial charge in [0.05, 0.1) is 12.2 Å².